The lowest BCUT2D eigenvalue weighted by molar-refractivity contribution is 0.111. The summed E-state index contributed by atoms with van der Waals surface area (Å²) in [6.45, 7) is 4.33. The molecule has 58 valence electrons. The van der Waals surface area contributed by atoms with Crippen molar-refractivity contribution in [1.82, 2.24) is 4.57 Å². The maximum Gasteiger partial charge on any atom is 0.166 e. The van der Waals surface area contributed by atoms with Crippen molar-refractivity contribution in [2.75, 3.05) is 0 Å². The van der Waals surface area contributed by atoms with E-state index in [9.17, 15) is 4.79 Å². The molecule has 0 aliphatic carbocycles. The highest BCUT2D eigenvalue weighted by Gasteiger charge is 1.97. The van der Waals surface area contributed by atoms with Crippen molar-refractivity contribution < 1.29 is 4.79 Å². The predicted octanol–water partition coefficient (Wildman–Crippen LogP) is 2.21. The van der Waals surface area contributed by atoms with Crippen molar-refractivity contribution in [1.29, 1.82) is 0 Å². The van der Waals surface area contributed by atoms with Gasteiger partial charge in [-0.15, -0.1) is 0 Å². The molecule has 0 amide bonds. The summed E-state index contributed by atoms with van der Waals surface area (Å²) in [5.74, 6) is 0. The van der Waals surface area contributed by atoms with Crippen LogP contribution in [0.3, 0.4) is 0 Å². The molecule has 0 radical (unpaired) electrons. The second-order valence-electron chi connectivity index (χ2n) is 2.20. The topological polar surface area (TPSA) is 22.0 Å². The van der Waals surface area contributed by atoms with E-state index < -0.39 is 0 Å². The minimum absolute atomic E-state index is 0.640. The molecule has 0 unspecified atom stereocenters. The zero-order valence-electron chi connectivity index (χ0n) is 5.96. The molecule has 0 aromatic carbocycles. The van der Waals surface area contributed by atoms with Crippen molar-refractivity contribution in [2.45, 2.75) is 6.54 Å². The zero-order chi connectivity index (χ0) is 8.27. The van der Waals surface area contributed by atoms with E-state index >= 15 is 0 Å². The number of carbonyl (C=O) groups excluding carboxylic acids is 1. The number of halogens is 1. The summed E-state index contributed by atoms with van der Waals surface area (Å²) in [5, 5.41) is 0. The number of hydrogen-bond acceptors (Lipinski definition) is 1. The third kappa shape index (κ3) is 2.05. The average molecular weight is 214 g/mol. The molecule has 2 nitrogen and oxygen atoms in total. The van der Waals surface area contributed by atoms with Crippen LogP contribution in [0.5, 0.6) is 0 Å². The van der Waals surface area contributed by atoms with Crippen molar-refractivity contribution in [2.24, 2.45) is 0 Å². The lowest BCUT2D eigenvalue weighted by atomic mass is 10.4. The monoisotopic (exact) mass is 213 g/mol. The van der Waals surface area contributed by atoms with E-state index in [1.165, 1.54) is 0 Å². The largest absolute Gasteiger partial charge is 0.340 e. The minimum atomic E-state index is 0.640. The molecule has 0 spiro atoms. The highest BCUT2D eigenvalue weighted by Crippen LogP contribution is 2.07. The molecule has 3 heteroatoms. The molecule has 1 aromatic rings. The van der Waals surface area contributed by atoms with Crippen molar-refractivity contribution >= 4 is 22.2 Å². The fourth-order valence-electron chi connectivity index (χ4n) is 0.863. The van der Waals surface area contributed by atoms with E-state index in [4.69, 9.17) is 0 Å². The molecule has 0 N–H and O–H groups in total. The van der Waals surface area contributed by atoms with Crippen LogP contribution in [0.2, 0.25) is 0 Å². The second kappa shape index (κ2) is 3.53. The molecule has 0 fully saturated rings. The first kappa shape index (κ1) is 8.27. The summed E-state index contributed by atoms with van der Waals surface area (Å²) in [4.78, 5) is 10.4. The van der Waals surface area contributed by atoms with Gasteiger partial charge in [0.1, 0.15) is 0 Å². The van der Waals surface area contributed by atoms with Crippen molar-refractivity contribution in [3.8, 4) is 0 Å². The SMILES string of the molecule is C=C(Br)Cn1cccc1C=O. The molecule has 1 heterocycles. The Bertz CT molecular complexity index is 277. The van der Waals surface area contributed by atoms with Crippen LogP contribution in [0.15, 0.2) is 29.4 Å². The van der Waals surface area contributed by atoms with Gasteiger partial charge >= 0.3 is 0 Å². The number of allylic oxidation sites excluding steroid dienone is 1. The van der Waals surface area contributed by atoms with E-state index in [0.717, 1.165) is 10.8 Å². The molecule has 0 atom stereocenters. The summed E-state index contributed by atoms with van der Waals surface area (Å²) < 4.78 is 2.68. The Hall–Kier alpha value is -0.830. The molecule has 0 aliphatic rings. The average Bonchev–Trinajstić information content (AvgIpc) is 2.34. The van der Waals surface area contributed by atoms with Crippen LogP contribution < -0.4 is 0 Å². The van der Waals surface area contributed by atoms with Crippen LogP contribution in [-0.4, -0.2) is 10.9 Å². The number of rotatable bonds is 3. The summed E-state index contributed by atoms with van der Waals surface area (Å²) in [6.07, 6.45) is 2.67. The fraction of sp³-hybridized carbons (Fsp3) is 0.125. The summed E-state index contributed by atoms with van der Waals surface area (Å²) >= 11 is 3.23. The quantitative estimate of drug-likeness (QED) is 0.707. The molecule has 0 bridgehead atoms. The number of aldehydes is 1. The number of nitrogens with zero attached hydrogens (tertiary/aromatic N) is 1. The first-order valence-electron chi connectivity index (χ1n) is 3.17. The maximum absolute atomic E-state index is 10.4. The first-order valence-corrected chi connectivity index (χ1v) is 3.97. The number of aromatic nitrogens is 1. The van der Waals surface area contributed by atoms with E-state index in [0.29, 0.717) is 12.2 Å². The molecule has 1 aromatic heterocycles. The number of hydrogen-bond donors (Lipinski definition) is 0. The van der Waals surface area contributed by atoms with Gasteiger partial charge in [-0.05, 0) is 12.1 Å². The van der Waals surface area contributed by atoms with Crippen LogP contribution in [0.25, 0.3) is 0 Å². The van der Waals surface area contributed by atoms with Gasteiger partial charge in [-0.3, -0.25) is 4.79 Å². The molecular weight excluding hydrogens is 206 g/mol. The number of carbonyl (C=O) groups is 1. The predicted molar refractivity (Wildman–Crippen MR) is 47.9 cm³/mol. The smallest absolute Gasteiger partial charge is 0.166 e. The Morgan fingerprint density at radius 1 is 1.82 bits per heavy atom. The van der Waals surface area contributed by atoms with Gasteiger partial charge in [-0.25, -0.2) is 0 Å². The van der Waals surface area contributed by atoms with Gasteiger partial charge in [0.05, 0.1) is 12.2 Å². The Morgan fingerprint density at radius 3 is 3.09 bits per heavy atom. The summed E-state index contributed by atoms with van der Waals surface area (Å²) in [6, 6.07) is 3.60. The first-order chi connectivity index (χ1) is 5.24. The Balaban J connectivity index is 2.84. The van der Waals surface area contributed by atoms with Gasteiger partial charge < -0.3 is 4.57 Å². The normalized spacial score (nSPS) is 9.55. The van der Waals surface area contributed by atoms with E-state index in [2.05, 4.69) is 22.5 Å². The highest BCUT2D eigenvalue weighted by atomic mass is 79.9. The van der Waals surface area contributed by atoms with Crippen LogP contribution in [-0.2, 0) is 6.54 Å². The van der Waals surface area contributed by atoms with Gasteiger partial charge in [0.2, 0.25) is 0 Å². The Kier molecular flexibility index (Phi) is 2.65. The van der Waals surface area contributed by atoms with E-state index in [-0.39, 0.29) is 0 Å². The van der Waals surface area contributed by atoms with Gasteiger partial charge in [0.15, 0.2) is 6.29 Å². The Labute approximate surface area is 73.6 Å². The fourth-order valence-corrected chi connectivity index (χ4v) is 1.13. The van der Waals surface area contributed by atoms with Crippen LogP contribution in [0.1, 0.15) is 10.5 Å². The minimum Gasteiger partial charge on any atom is -0.340 e. The molecular formula is C8H8BrNO. The molecule has 11 heavy (non-hydrogen) atoms. The summed E-state index contributed by atoms with van der Waals surface area (Å²) in [5.41, 5.74) is 0.672. The van der Waals surface area contributed by atoms with Gasteiger partial charge in [0.25, 0.3) is 0 Å². The van der Waals surface area contributed by atoms with Crippen LogP contribution in [0.4, 0.5) is 0 Å². The third-order valence-corrected chi connectivity index (χ3v) is 1.58. The maximum atomic E-state index is 10.4. The van der Waals surface area contributed by atoms with Crippen molar-refractivity contribution in [3.05, 3.63) is 35.1 Å². The van der Waals surface area contributed by atoms with Gasteiger partial charge in [-0.2, -0.15) is 0 Å². The van der Waals surface area contributed by atoms with Crippen molar-refractivity contribution in [3.63, 3.8) is 0 Å². The summed E-state index contributed by atoms with van der Waals surface area (Å²) in [7, 11) is 0. The molecule has 0 saturated heterocycles. The van der Waals surface area contributed by atoms with Crippen LogP contribution in [0, 0.1) is 0 Å². The molecule has 0 saturated carbocycles. The van der Waals surface area contributed by atoms with Gasteiger partial charge in [0, 0.05) is 10.7 Å². The van der Waals surface area contributed by atoms with Gasteiger partial charge in [-0.1, -0.05) is 22.5 Å². The zero-order valence-corrected chi connectivity index (χ0v) is 7.54. The third-order valence-electron chi connectivity index (χ3n) is 1.33. The second-order valence-corrected chi connectivity index (χ2v) is 3.32. The van der Waals surface area contributed by atoms with E-state index in [1.54, 1.807) is 6.07 Å². The molecule has 1 rings (SSSR count). The lowest BCUT2D eigenvalue weighted by Gasteiger charge is -2.01. The molecule has 0 aliphatic heterocycles. The Morgan fingerprint density at radius 2 is 2.55 bits per heavy atom. The lowest BCUT2D eigenvalue weighted by Crippen LogP contribution is -1.99. The van der Waals surface area contributed by atoms with E-state index in [1.807, 2.05) is 16.8 Å². The van der Waals surface area contributed by atoms with Crippen LogP contribution >= 0.6 is 15.9 Å². The standard InChI is InChI=1S/C8H8BrNO/c1-7(9)5-10-4-2-3-8(10)6-11/h2-4,6H,1,5H2. The highest BCUT2D eigenvalue weighted by molar-refractivity contribution is 9.11.